The van der Waals surface area contributed by atoms with Crippen LogP contribution in [0.2, 0.25) is 0 Å². The van der Waals surface area contributed by atoms with Crippen LogP contribution in [0.15, 0.2) is 18.2 Å². The quantitative estimate of drug-likeness (QED) is 0.675. The molecule has 4 nitrogen and oxygen atoms in total. The molecule has 0 atom stereocenters. The second-order valence-corrected chi connectivity index (χ2v) is 3.80. The molecular weight excluding hydrogens is 297 g/mol. The second kappa shape index (κ2) is 5.16. The Morgan fingerprint density at radius 2 is 2.29 bits per heavy atom. The summed E-state index contributed by atoms with van der Waals surface area (Å²) in [4.78, 5) is 11.0. The Labute approximate surface area is 95.5 Å². The lowest BCUT2D eigenvalue weighted by molar-refractivity contribution is 0.0502. The highest BCUT2D eigenvalue weighted by molar-refractivity contribution is 14.1. The van der Waals surface area contributed by atoms with Crippen molar-refractivity contribution in [1.29, 1.82) is 0 Å². The van der Waals surface area contributed by atoms with Crippen LogP contribution in [0.4, 0.5) is 0 Å². The van der Waals surface area contributed by atoms with Crippen LogP contribution in [0, 0.1) is 3.57 Å². The van der Waals surface area contributed by atoms with Gasteiger partial charge >= 0.3 is 0 Å². The van der Waals surface area contributed by atoms with Crippen molar-refractivity contribution >= 4 is 28.5 Å². The van der Waals surface area contributed by atoms with Crippen LogP contribution in [-0.2, 0) is 4.74 Å². The van der Waals surface area contributed by atoms with E-state index < -0.39 is 5.91 Å². The topological polar surface area (TPSA) is 61.6 Å². The number of rotatable bonds is 4. The smallest absolute Gasteiger partial charge is 0.252 e. The maximum Gasteiger partial charge on any atom is 0.252 e. The van der Waals surface area contributed by atoms with E-state index in [2.05, 4.69) is 22.6 Å². The molecule has 1 rings (SSSR count). The molecule has 1 aromatic carbocycles. The number of hydrogen-bond acceptors (Lipinski definition) is 3. The van der Waals surface area contributed by atoms with Crippen LogP contribution >= 0.6 is 22.6 Å². The summed E-state index contributed by atoms with van der Waals surface area (Å²) in [7, 11) is 1.51. The SMILES string of the molecule is COCOc1ccc(I)cc1C(N)=O. The molecule has 0 radical (unpaired) electrons. The molecular formula is C9H10INO3. The Hall–Kier alpha value is -0.820. The molecule has 0 spiro atoms. The first-order valence-electron chi connectivity index (χ1n) is 3.86. The van der Waals surface area contributed by atoms with Crippen molar-refractivity contribution in [3.8, 4) is 5.75 Å². The van der Waals surface area contributed by atoms with E-state index in [0.717, 1.165) is 3.57 Å². The molecule has 1 amide bonds. The molecule has 76 valence electrons. The third-order valence-electron chi connectivity index (χ3n) is 1.54. The highest BCUT2D eigenvalue weighted by Gasteiger charge is 2.09. The lowest BCUT2D eigenvalue weighted by atomic mass is 10.2. The molecule has 14 heavy (non-hydrogen) atoms. The largest absolute Gasteiger partial charge is 0.467 e. The Balaban J connectivity index is 2.96. The minimum absolute atomic E-state index is 0.0981. The standard InChI is InChI=1S/C9H10INO3/c1-13-5-14-8-3-2-6(10)4-7(8)9(11)12/h2-4H,5H2,1H3,(H2,11,12). The van der Waals surface area contributed by atoms with E-state index in [-0.39, 0.29) is 6.79 Å². The first kappa shape index (κ1) is 11.3. The molecule has 0 saturated carbocycles. The molecule has 0 unspecified atom stereocenters. The highest BCUT2D eigenvalue weighted by Crippen LogP contribution is 2.20. The normalized spacial score (nSPS) is 9.86. The van der Waals surface area contributed by atoms with E-state index in [1.54, 1.807) is 12.1 Å². The molecule has 0 aliphatic heterocycles. The highest BCUT2D eigenvalue weighted by atomic mass is 127. The van der Waals surface area contributed by atoms with Crippen LogP contribution in [0.1, 0.15) is 10.4 Å². The summed E-state index contributed by atoms with van der Waals surface area (Å²) >= 11 is 2.10. The Morgan fingerprint density at radius 1 is 1.57 bits per heavy atom. The zero-order chi connectivity index (χ0) is 10.6. The van der Waals surface area contributed by atoms with Gasteiger partial charge in [0.05, 0.1) is 5.56 Å². The van der Waals surface area contributed by atoms with Gasteiger partial charge in [-0.05, 0) is 40.8 Å². The average Bonchev–Trinajstić information content (AvgIpc) is 2.15. The maximum atomic E-state index is 11.0. The second-order valence-electron chi connectivity index (χ2n) is 2.56. The maximum absolute atomic E-state index is 11.0. The van der Waals surface area contributed by atoms with E-state index in [4.69, 9.17) is 15.2 Å². The zero-order valence-corrected chi connectivity index (χ0v) is 9.78. The zero-order valence-electron chi connectivity index (χ0n) is 7.62. The van der Waals surface area contributed by atoms with Crippen molar-refractivity contribution in [3.05, 3.63) is 27.3 Å². The Kier molecular flexibility index (Phi) is 4.15. The van der Waals surface area contributed by atoms with Gasteiger partial charge < -0.3 is 15.2 Å². The minimum Gasteiger partial charge on any atom is -0.467 e. The van der Waals surface area contributed by atoms with Gasteiger partial charge in [-0.25, -0.2) is 0 Å². The summed E-state index contributed by atoms with van der Waals surface area (Å²) in [6.07, 6.45) is 0. The molecule has 5 heteroatoms. The predicted octanol–water partition coefficient (Wildman–Crippen LogP) is 1.37. The van der Waals surface area contributed by atoms with E-state index >= 15 is 0 Å². The van der Waals surface area contributed by atoms with Gasteiger partial charge in [0.1, 0.15) is 5.75 Å². The lowest BCUT2D eigenvalue weighted by Crippen LogP contribution is -2.14. The predicted molar refractivity (Wildman–Crippen MR) is 60.2 cm³/mol. The van der Waals surface area contributed by atoms with Crippen molar-refractivity contribution in [3.63, 3.8) is 0 Å². The van der Waals surface area contributed by atoms with Gasteiger partial charge in [0.25, 0.3) is 5.91 Å². The van der Waals surface area contributed by atoms with Gasteiger partial charge in [0, 0.05) is 10.7 Å². The number of primary amides is 1. The number of methoxy groups -OCH3 is 1. The summed E-state index contributed by atoms with van der Waals surface area (Å²) in [6.45, 7) is 0.0981. The van der Waals surface area contributed by atoms with Crippen LogP contribution in [0.5, 0.6) is 5.75 Å². The summed E-state index contributed by atoms with van der Waals surface area (Å²) in [6, 6.07) is 5.20. The number of carbonyl (C=O) groups excluding carboxylic acids is 1. The van der Waals surface area contributed by atoms with Gasteiger partial charge in [-0.2, -0.15) is 0 Å². The summed E-state index contributed by atoms with van der Waals surface area (Å²) in [5.41, 5.74) is 5.56. The number of ether oxygens (including phenoxy) is 2. The molecule has 0 aliphatic rings. The molecule has 1 aromatic rings. The minimum atomic E-state index is -0.505. The van der Waals surface area contributed by atoms with Gasteiger partial charge in [-0.3, -0.25) is 4.79 Å². The number of carbonyl (C=O) groups is 1. The average molecular weight is 307 g/mol. The molecule has 0 heterocycles. The van der Waals surface area contributed by atoms with Crippen molar-refractivity contribution in [2.45, 2.75) is 0 Å². The van der Waals surface area contributed by atoms with Crippen LogP contribution in [-0.4, -0.2) is 19.8 Å². The molecule has 0 aliphatic carbocycles. The number of amides is 1. The lowest BCUT2D eigenvalue weighted by Gasteiger charge is -2.08. The van der Waals surface area contributed by atoms with E-state index in [0.29, 0.717) is 11.3 Å². The van der Waals surface area contributed by atoms with Gasteiger partial charge in [-0.1, -0.05) is 0 Å². The van der Waals surface area contributed by atoms with E-state index in [9.17, 15) is 4.79 Å². The van der Waals surface area contributed by atoms with Crippen LogP contribution < -0.4 is 10.5 Å². The van der Waals surface area contributed by atoms with Crippen molar-refractivity contribution in [2.75, 3.05) is 13.9 Å². The van der Waals surface area contributed by atoms with Gasteiger partial charge in [0.2, 0.25) is 0 Å². The van der Waals surface area contributed by atoms with Crippen molar-refractivity contribution < 1.29 is 14.3 Å². The van der Waals surface area contributed by atoms with Gasteiger partial charge in [-0.15, -0.1) is 0 Å². The monoisotopic (exact) mass is 307 g/mol. The van der Waals surface area contributed by atoms with E-state index in [1.807, 2.05) is 6.07 Å². The fraction of sp³-hybridized carbons (Fsp3) is 0.222. The number of halogens is 1. The third kappa shape index (κ3) is 2.85. The molecule has 2 N–H and O–H groups in total. The van der Waals surface area contributed by atoms with Gasteiger partial charge in [0.15, 0.2) is 6.79 Å². The summed E-state index contributed by atoms with van der Waals surface area (Å²) < 4.78 is 10.8. The fourth-order valence-corrected chi connectivity index (χ4v) is 1.43. The van der Waals surface area contributed by atoms with Crippen LogP contribution in [0.3, 0.4) is 0 Å². The molecule has 0 bridgehead atoms. The van der Waals surface area contributed by atoms with Crippen LogP contribution in [0.25, 0.3) is 0 Å². The van der Waals surface area contributed by atoms with Crippen molar-refractivity contribution in [2.24, 2.45) is 5.73 Å². The first-order chi connectivity index (χ1) is 6.65. The number of nitrogens with two attached hydrogens (primary N) is 1. The molecule has 0 saturated heterocycles. The number of hydrogen-bond donors (Lipinski definition) is 1. The summed E-state index contributed by atoms with van der Waals surface area (Å²) in [5.74, 6) is -0.0608. The molecule has 0 fully saturated rings. The first-order valence-corrected chi connectivity index (χ1v) is 4.94. The summed E-state index contributed by atoms with van der Waals surface area (Å²) in [5, 5.41) is 0. The van der Waals surface area contributed by atoms with Crippen molar-refractivity contribution in [1.82, 2.24) is 0 Å². The Morgan fingerprint density at radius 3 is 2.86 bits per heavy atom. The Bertz CT molecular complexity index is 341. The molecule has 0 aromatic heterocycles. The fourth-order valence-electron chi connectivity index (χ4n) is 0.943. The van der Waals surface area contributed by atoms with E-state index in [1.165, 1.54) is 7.11 Å². The number of benzene rings is 1. The third-order valence-corrected chi connectivity index (χ3v) is 2.21.